The smallest absolute Gasteiger partial charge is 0.132 e. The molecule has 1 heterocycles. The van der Waals surface area contributed by atoms with Crippen molar-refractivity contribution in [1.82, 2.24) is 4.98 Å². The average Bonchev–Trinajstić information content (AvgIpc) is 2.46. The van der Waals surface area contributed by atoms with Gasteiger partial charge in [0.1, 0.15) is 5.75 Å². The highest BCUT2D eigenvalue weighted by atomic mass is 32.2. The van der Waals surface area contributed by atoms with Crippen LogP contribution >= 0.6 is 11.8 Å². The number of thioether (sulfide) groups is 1. The Hall–Kier alpha value is -1.52. The Morgan fingerprint density at radius 2 is 2.11 bits per heavy atom. The van der Waals surface area contributed by atoms with Crippen LogP contribution in [0.2, 0.25) is 0 Å². The van der Waals surface area contributed by atoms with Crippen LogP contribution in [0.4, 0.5) is 0 Å². The van der Waals surface area contributed by atoms with Crippen LogP contribution in [-0.4, -0.2) is 18.6 Å². The predicted molar refractivity (Wildman–Crippen MR) is 74.9 cm³/mol. The standard InChI is InChI=1S/C14H16N2OS/c1-17-12-6-2-3-7-13(12)18-14(9-15)11-5-4-8-16-10-11/h2-8,10,14H,9,15H2,1H3. The van der Waals surface area contributed by atoms with Crippen molar-refractivity contribution < 1.29 is 4.74 Å². The van der Waals surface area contributed by atoms with Gasteiger partial charge in [-0.1, -0.05) is 18.2 Å². The third kappa shape index (κ3) is 3.03. The number of pyridine rings is 1. The largest absolute Gasteiger partial charge is 0.496 e. The average molecular weight is 260 g/mol. The molecule has 18 heavy (non-hydrogen) atoms. The van der Waals surface area contributed by atoms with Crippen molar-refractivity contribution in [2.75, 3.05) is 13.7 Å². The molecule has 0 aliphatic rings. The van der Waals surface area contributed by atoms with Gasteiger partial charge in [-0.2, -0.15) is 0 Å². The fourth-order valence-electron chi connectivity index (χ4n) is 1.69. The molecule has 0 aliphatic carbocycles. The van der Waals surface area contributed by atoms with Crippen LogP contribution < -0.4 is 10.5 Å². The molecule has 1 atom stereocenters. The van der Waals surface area contributed by atoms with Crippen molar-refractivity contribution >= 4 is 11.8 Å². The summed E-state index contributed by atoms with van der Waals surface area (Å²) in [7, 11) is 1.68. The van der Waals surface area contributed by atoms with E-state index in [0.717, 1.165) is 16.2 Å². The number of aromatic nitrogens is 1. The maximum Gasteiger partial charge on any atom is 0.132 e. The van der Waals surface area contributed by atoms with Gasteiger partial charge in [0, 0.05) is 29.1 Å². The Morgan fingerprint density at radius 3 is 2.78 bits per heavy atom. The fourth-order valence-corrected chi connectivity index (χ4v) is 2.79. The minimum atomic E-state index is 0.190. The molecule has 3 nitrogen and oxygen atoms in total. The number of benzene rings is 1. The van der Waals surface area contributed by atoms with E-state index in [0.29, 0.717) is 6.54 Å². The first-order valence-electron chi connectivity index (χ1n) is 5.75. The van der Waals surface area contributed by atoms with Gasteiger partial charge < -0.3 is 10.5 Å². The van der Waals surface area contributed by atoms with E-state index in [1.165, 1.54) is 0 Å². The van der Waals surface area contributed by atoms with E-state index >= 15 is 0 Å². The third-order valence-corrected chi connectivity index (χ3v) is 3.95. The molecule has 1 aromatic carbocycles. The van der Waals surface area contributed by atoms with E-state index < -0.39 is 0 Å². The third-order valence-electron chi connectivity index (χ3n) is 2.61. The lowest BCUT2D eigenvalue weighted by Gasteiger charge is -2.16. The highest BCUT2D eigenvalue weighted by molar-refractivity contribution is 7.99. The van der Waals surface area contributed by atoms with Gasteiger partial charge in [0.25, 0.3) is 0 Å². The summed E-state index contributed by atoms with van der Waals surface area (Å²) in [6, 6.07) is 11.9. The van der Waals surface area contributed by atoms with Gasteiger partial charge in [0.05, 0.1) is 7.11 Å². The number of methoxy groups -OCH3 is 1. The van der Waals surface area contributed by atoms with Crippen LogP contribution in [0.1, 0.15) is 10.8 Å². The molecule has 1 unspecified atom stereocenters. The van der Waals surface area contributed by atoms with Gasteiger partial charge in [-0.25, -0.2) is 0 Å². The Bertz CT molecular complexity index is 490. The summed E-state index contributed by atoms with van der Waals surface area (Å²) < 4.78 is 5.35. The van der Waals surface area contributed by atoms with E-state index in [2.05, 4.69) is 4.98 Å². The van der Waals surface area contributed by atoms with Gasteiger partial charge in [-0.15, -0.1) is 11.8 Å². The van der Waals surface area contributed by atoms with Crippen molar-refractivity contribution in [2.24, 2.45) is 5.73 Å². The second-order valence-electron chi connectivity index (χ2n) is 3.78. The molecule has 0 amide bonds. The minimum absolute atomic E-state index is 0.190. The molecular formula is C14H16N2OS. The molecule has 2 aromatic rings. The Morgan fingerprint density at radius 1 is 1.28 bits per heavy atom. The monoisotopic (exact) mass is 260 g/mol. The zero-order valence-electron chi connectivity index (χ0n) is 10.2. The van der Waals surface area contributed by atoms with Crippen LogP contribution in [0, 0.1) is 0 Å². The summed E-state index contributed by atoms with van der Waals surface area (Å²) in [6.45, 7) is 0.564. The zero-order chi connectivity index (χ0) is 12.8. The number of nitrogens with two attached hydrogens (primary N) is 1. The van der Waals surface area contributed by atoms with Gasteiger partial charge in [0.15, 0.2) is 0 Å². The van der Waals surface area contributed by atoms with Gasteiger partial charge >= 0.3 is 0 Å². The molecular weight excluding hydrogens is 244 g/mol. The lowest BCUT2D eigenvalue weighted by molar-refractivity contribution is 0.404. The molecule has 1 aromatic heterocycles. The topological polar surface area (TPSA) is 48.1 Å². The Labute approximate surface area is 111 Å². The van der Waals surface area contributed by atoms with Crippen LogP contribution in [0.5, 0.6) is 5.75 Å². The molecule has 0 spiro atoms. The summed E-state index contributed by atoms with van der Waals surface area (Å²) in [5.41, 5.74) is 6.99. The number of para-hydroxylation sites is 1. The van der Waals surface area contributed by atoms with Crippen molar-refractivity contribution in [2.45, 2.75) is 10.1 Å². The molecule has 0 saturated heterocycles. The second kappa shape index (κ2) is 6.42. The van der Waals surface area contributed by atoms with E-state index in [1.807, 2.05) is 42.6 Å². The van der Waals surface area contributed by atoms with Gasteiger partial charge in [0.2, 0.25) is 0 Å². The zero-order valence-corrected chi connectivity index (χ0v) is 11.1. The lowest BCUT2D eigenvalue weighted by atomic mass is 10.2. The first-order valence-corrected chi connectivity index (χ1v) is 6.62. The minimum Gasteiger partial charge on any atom is -0.496 e. The SMILES string of the molecule is COc1ccccc1SC(CN)c1cccnc1. The number of hydrogen-bond acceptors (Lipinski definition) is 4. The summed E-state index contributed by atoms with van der Waals surface area (Å²) in [5, 5.41) is 0.190. The molecule has 0 saturated carbocycles. The Balaban J connectivity index is 2.21. The molecule has 2 N–H and O–H groups in total. The number of ether oxygens (including phenoxy) is 1. The summed E-state index contributed by atoms with van der Waals surface area (Å²) in [5.74, 6) is 0.879. The second-order valence-corrected chi connectivity index (χ2v) is 5.02. The highest BCUT2D eigenvalue weighted by Crippen LogP contribution is 2.38. The molecule has 0 bridgehead atoms. The first kappa shape index (κ1) is 12.9. The maximum absolute atomic E-state index is 5.85. The molecule has 0 aliphatic heterocycles. The first-order chi connectivity index (χ1) is 8.85. The predicted octanol–water partition coefficient (Wildman–Crippen LogP) is 2.88. The number of hydrogen-bond donors (Lipinski definition) is 1. The van der Waals surface area contributed by atoms with E-state index in [-0.39, 0.29) is 5.25 Å². The fraction of sp³-hybridized carbons (Fsp3) is 0.214. The van der Waals surface area contributed by atoms with E-state index in [1.54, 1.807) is 25.1 Å². The lowest BCUT2D eigenvalue weighted by Crippen LogP contribution is -2.09. The van der Waals surface area contributed by atoms with Crippen molar-refractivity contribution in [1.29, 1.82) is 0 Å². The van der Waals surface area contributed by atoms with Crippen LogP contribution in [0.3, 0.4) is 0 Å². The van der Waals surface area contributed by atoms with Crippen molar-refractivity contribution in [3.05, 3.63) is 54.4 Å². The summed E-state index contributed by atoms with van der Waals surface area (Å²) in [6.07, 6.45) is 3.63. The molecule has 0 fully saturated rings. The van der Waals surface area contributed by atoms with Gasteiger partial charge in [-0.3, -0.25) is 4.98 Å². The van der Waals surface area contributed by atoms with Gasteiger partial charge in [-0.05, 0) is 23.8 Å². The Kier molecular flexibility index (Phi) is 4.61. The highest BCUT2D eigenvalue weighted by Gasteiger charge is 2.13. The molecule has 0 radical (unpaired) electrons. The van der Waals surface area contributed by atoms with Crippen LogP contribution in [0.25, 0.3) is 0 Å². The van der Waals surface area contributed by atoms with Crippen LogP contribution in [0.15, 0.2) is 53.7 Å². The van der Waals surface area contributed by atoms with Crippen molar-refractivity contribution in [3.63, 3.8) is 0 Å². The molecule has 94 valence electrons. The van der Waals surface area contributed by atoms with E-state index in [9.17, 15) is 0 Å². The van der Waals surface area contributed by atoms with Crippen LogP contribution in [-0.2, 0) is 0 Å². The quantitative estimate of drug-likeness (QED) is 0.840. The normalized spacial score (nSPS) is 12.1. The molecule has 2 rings (SSSR count). The number of nitrogens with zero attached hydrogens (tertiary/aromatic N) is 1. The number of rotatable bonds is 5. The molecule has 4 heteroatoms. The summed E-state index contributed by atoms with van der Waals surface area (Å²) >= 11 is 1.70. The summed E-state index contributed by atoms with van der Waals surface area (Å²) in [4.78, 5) is 5.23. The maximum atomic E-state index is 5.85. The van der Waals surface area contributed by atoms with Crippen molar-refractivity contribution in [3.8, 4) is 5.75 Å². The van der Waals surface area contributed by atoms with E-state index in [4.69, 9.17) is 10.5 Å².